The van der Waals surface area contributed by atoms with Crippen molar-refractivity contribution >= 4 is 21.7 Å². The van der Waals surface area contributed by atoms with Crippen LogP contribution in [-0.4, -0.2) is 37.7 Å². The molecule has 0 spiro atoms. The summed E-state index contributed by atoms with van der Waals surface area (Å²) in [4.78, 5) is 24.1. The molecule has 0 saturated heterocycles. The first kappa shape index (κ1) is 21.2. The molecule has 0 bridgehead atoms. The van der Waals surface area contributed by atoms with Crippen molar-refractivity contribution in [2.75, 3.05) is 6.26 Å². The first-order valence-electron chi connectivity index (χ1n) is 8.22. The first-order valence-corrected chi connectivity index (χ1v) is 10.1. The van der Waals surface area contributed by atoms with Gasteiger partial charge >= 0.3 is 5.97 Å². The van der Waals surface area contributed by atoms with Crippen LogP contribution in [0, 0.1) is 5.41 Å². The quantitative estimate of drug-likeness (QED) is 0.769. The molecule has 1 rings (SSSR count). The van der Waals surface area contributed by atoms with E-state index in [9.17, 15) is 23.1 Å². The monoisotopic (exact) mass is 369 g/mol. The molecule has 1 amide bonds. The maximum absolute atomic E-state index is 12.6. The highest BCUT2D eigenvalue weighted by Crippen LogP contribution is 2.22. The fraction of sp³-hybridized carbons (Fsp3) is 0.556. The van der Waals surface area contributed by atoms with Crippen LogP contribution in [0.4, 0.5) is 0 Å². The molecule has 2 N–H and O–H groups in total. The summed E-state index contributed by atoms with van der Waals surface area (Å²) in [6, 6.07) is 3.35. The number of carboxylic acid groups (broad SMARTS) is 1. The van der Waals surface area contributed by atoms with E-state index in [1.807, 2.05) is 27.7 Å². The lowest BCUT2D eigenvalue weighted by atomic mass is 9.88. The van der Waals surface area contributed by atoms with Crippen molar-refractivity contribution in [2.24, 2.45) is 5.41 Å². The van der Waals surface area contributed by atoms with Gasteiger partial charge in [0.25, 0.3) is 5.91 Å². The van der Waals surface area contributed by atoms with Crippen molar-refractivity contribution in [1.29, 1.82) is 0 Å². The van der Waals surface area contributed by atoms with Gasteiger partial charge in [0.15, 0.2) is 9.84 Å². The molecule has 0 aliphatic heterocycles. The predicted octanol–water partition coefficient (Wildman–Crippen LogP) is 2.66. The summed E-state index contributed by atoms with van der Waals surface area (Å²) in [7, 11) is -3.45. The van der Waals surface area contributed by atoms with Crippen molar-refractivity contribution in [2.45, 2.75) is 57.9 Å². The zero-order valence-electron chi connectivity index (χ0n) is 15.4. The number of carbonyl (C=O) groups excluding carboxylic acids is 1. The standard InChI is InChI=1S/C18H27NO5S/c1-6-12-7-8-13(25(5,23)24)11-14(12)16(20)19-15(17(21)22)9-10-18(2,3)4/h7-8,11,15H,6,9-10H2,1-5H3,(H,19,20)(H,21,22). The number of hydrogen-bond acceptors (Lipinski definition) is 4. The highest BCUT2D eigenvalue weighted by molar-refractivity contribution is 7.90. The van der Waals surface area contributed by atoms with Crippen molar-refractivity contribution in [3.63, 3.8) is 0 Å². The molecule has 0 aliphatic carbocycles. The zero-order chi connectivity index (χ0) is 19.4. The first-order chi connectivity index (χ1) is 11.3. The van der Waals surface area contributed by atoms with E-state index in [0.29, 0.717) is 24.8 Å². The molecule has 1 aromatic carbocycles. The highest BCUT2D eigenvalue weighted by Gasteiger charge is 2.24. The van der Waals surface area contributed by atoms with E-state index < -0.39 is 27.8 Å². The Morgan fingerprint density at radius 1 is 1.24 bits per heavy atom. The van der Waals surface area contributed by atoms with Gasteiger partial charge in [-0.25, -0.2) is 13.2 Å². The summed E-state index contributed by atoms with van der Waals surface area (Å²) in [6.07, 6.45) is 2.54. The third-order valence-corrected chi connectivity index (χ3v) is 5.03. The number of amides is 1. The second-order valence-corrected chi connectivity index (χ2v) is 9.42. The third-order valence-electron chi connectivity index (χ3n) is 3.92. The lowest BCUT2D eigenvalue weighted by Crippen LogP contribution is -2.41. The Hall–Kier alpha value is -1.89. The Morgan fingerprint density at radius 2 is 1.84 bits per heavy atom. The lowest BCUT2D eigenvalue weighted by Gasteiger charge is -2.22. The zero-order valence-corrected chi connectivity index (χ0v) is 16.2. The van der Waals surface area contributed by atoms with Gasteiger partial charge in [0.2, 0.25) is 0 Å². The Labute approximate surface area is 149 Å². The van der Waals surface area contributed by atoms with Gasteiger partial charge in [0.05, 0.1) is 4.90 Å². The Bertz CT molecular complexity index is 747. The number of hydrogen-bond donors (Lipinski definition) is 2. The van der Waals surface area contributed by atoms with Gasteiger partial charge in [0, 0.05) is 11.8 Å². The molecule has 7 heteroatoms. The minimum Gasteiger partial charge on any atom is -0.480 e. The average molecular weight is 369 g/mol. The molecule has 0 heterocycles. The van der Waals surface area contributed by atoms with E-state index in [4.69, 9.17) is 0 Å². The normalized spacial score (nSPS) is 13.3. The Morgan fingerprint density at radius 3 is 2.28 bits per heavy atom. The van der Waals surface area contributed by atoms with Crippen molar-refractivity contribution < 1.29 is 23.1 Å². The van der Waals surface area contributed by atoms with Crippen LogP contribution in [0.15, 0.2) is 23.1 Å². The maximum atomic E-state index is 12.6. The topological polar surface area (TPSA) is 101 Å². The number of nitrogens with one attached hydrogen (secondary N) is 1. The van der Waals surface area contributed by atoms with E-state index in [-0.39, 0.29) is 15.9 Å². The second-order valence-electron chi connectivity index (χ2n) is 7.41. The van der Waals surface area contributed by atoms with Gasteiger partial charge in [-0.1, -0.05) is 33.8 Å². The summed E-state index contributed by atoms with van der Waals surface area (Å²) >= 11 is 0. The largest absolute Gasteiger partial charge is 0.480 e. The van der Waals surface area contributed by atoms with Crippen molar-refractivity contribution in [3.8, 4) is 0 Å². The number of benzene rings is 1. The fourth-order valence-electron chi connectivity index (χ4n) is 2.38. The van der Waals surface area contributed by atoms with Crippen LogP contribution in [0.2, 0.25) is 0 Å². The summed E-state index contributed by atoms with van der Waals surface area (Å²) < 4.78 is 23.4. The van der Waals surface area contributed by atoms with Crippen LogP contribution in [0.3, 0.4) is 0 Å². The molecule has 140 valence electrons. The molecule has 25 heavy (non-hydrogen) atoms. The average Bonchev–Trinajstić information content (AvgIpc) is 2.48. The minimum atomic E-state index is -3.45. The molecule has 0 aliphatic rings. The van der Waals surface area contributed by atoms with Crippen molar-refractivity contribution in [3.05, 3.63) is 29.3 Å². The molecular formula is C18H27NO5S. The molecule has 1 atom stereocenters. The molecule has 0 saturated carbocycles. The second kappa shape index (κ2) is 7.99. The summed E-state index contributed by atoms with van der Waals surface area (Å²) in [5.74, 6) is -1.67. The Kier molecular flexibility index (Phi) is 6.76. The van der Waals surface area contributed by atoms with Crippen molar-refractivity contribution in [1.82, 2.24) is 5.32 Å². The number of carbonyl (C=O) groups is 2. The molecular weight excluding hydrogens is 342 g/mol. The molecule has 0 aromatic heterocycles. The SMILES string of the molecule is CCc1ccc(S(C)(=O)=O)cc1C(=O)NC(CCC(C)(C)C)C(=O)O. The molecule has 1 aromatic rings. The molecule has 0 fully saturated rings. The van der Waals surface area contributed by atoms with Gasteiger partial charge in [-0.15, -0.1) is 0 Å². The minimum absolute atomic E-state index is 0.0383. The smallest absolute Gasteiger partial charge is 0.326 e. The van der Waals surface area contributed by atoms with Crippen LogP contribution < -0.4 is 5.32 Å². The van der Waals surface area contributed by atoms with E-state index in [0.717, 1.165) is 6.26 Å². The van der Waals surface area contributed by atoms with E-state index in [1.54, 1.807) is 6.07 Å². The maximum Gasteiger partial charge on any atom is 0.326 e. The number of aryl methyl sites for hydroxylation is 1. The van der Waals surface area contributed by atoms with Gasteiger partial charge in [-0.2, -0.15) is 0 Å². The van der Waals surface area contributed by atoms with Crippen LogP contribution >= 0.6 is 0 Å². The number of aliphatic carboxylic acids is 1. The molecule has 6 nitrogen and oxygen atoms in total. The van der Waals surface area contributed by atoms with E-state index in [2.05, 4.69) is 5.32 Å². The third kappa shape index (κ3) is 6.49. The lowest BCUT2D eigenvalue weighted by molar-refractivity contribution is -0.139. The number of sulfone groups is 1. The highest BCUT2D eigenvalue weighted by atomic mass is 32.2. The van der Waals surface area contributed by atoms with Gasteiger partial charge in [-0.3, -0.25) is 4.79 Å². The fourth-order valence-corrected chi connectivity index (χ4v) is 3.02. The number of carboxylic acids is 1. The van der Waals surface area contributed by atoms with Crippen LogP contribution in [-0.2, 0) is 21.1 Å². The van der Waals surface area contributed by atoms with Crippen LogP contribution in [0.1, 0.15) is 56.5 Å². The van der Waals surface area contributed by atoms with Gasteiger partial charge in [-0.05, 0) is 42.4 Å². The molecule has 0 radical (unpaired) electrons. The summed E-state index contributed by atoms with van der Waals surface area (Å²) in [5, 5.41) is 11.9. The van der Waals surface area contributed by atoms with E-state index in [1.165, 1.54) is 12.1 Å². The van der Waals surface area contributed by atoms with E-state index >= 15 is 0 Å². The Balaban J connectivity index is 3.09. The summed E-state index contributed by atoms with van der Waals surface area (Å²) in [5.41, 5.74) is 0.820. The number of rotatable bonds is 7. The van der Waals surface area contributed by atoms with Gasteiger partial charge in [0.1, 0.15) is 6.04 Å². The predicted molar refractivity (Wildman–Crippen MR) is 96.5 cm³/mol. The van der Waals surface area contributed by atoms with Gasteiger partial charge < -0.3 is 10.4 Å². The molecule has 1 unspecified atom stereocenters. The summed E-state index contributed by atoms with van der Waals surface area (Å²) in [6.45, 7) is 7.84. The van der Waals surface area contributed by atoms with Crippen LogP contribution in [0.25, 0.3) is 0 Å². The van der Waals surface area contributed by atoms with Crippen LogP contribution in [0.5, 0.6) is 0 Å².